The normalized spacial score (nSPS) is 14.3. The molecule has 4 nitrogen and oxygen atoms in total. The van der Waals surface area contributed by atoms with Crippen LogP contribution >= 0.6 is 0 Å². The Morgan fingerprint density at radius 3 is 2.76 bits per heavy atom. The quantitative estimate of drug-likeness (QED) is 0.903. The van der Waals surface area contributed by atoms with Crippen LogP contribution in [0, 0.1) is 5.92 Å². The minimum Gasteiger partial charge on any atom is -0.326 e. The molecule has 114 valence electrons. The van der Waals surface area contributed by atoms with Crippen LogP contribution in [0.5, 0.6) is 0 Å². The number of amides is 2. The van der Waals surface area contributed by atoms with Gasteiger partial charge >= 0.3 is 0 Å². The summed E-state index contributed by atoms with van der Waals surface area (Å²) >= 11 is 0. The van der Waals surface area contributed by atoms with E-state index in [1.807, 2.05) is 36.9 Å². The maximum atomic E-state index is 12.0. The van der Waals surface area contributed by atoms with Gasteiger partial charge in [-0.25, -0.2) is 0 Å². The standard InChI is InChI=1S/C17H24N2O2/c1-4-9-19-15-7-6-14(18-16(20)10-12(2)3)11-13(15)5-8-17(19)21/h6-7,11-12H,4-5,8-10H2,1-3H3,(H,18,20). The van der Waals surface area contributed by atoms with Gasteiger partial charge in [0.1, 0.15) is 0 Å². The summed E-state index contributed by atoms with van der Waals surface area (Å²) in [7, 11) is 0. The van der Waals surface area contributed by atoms with Gasteiger partial charge in [-0.2, -0.15) is 0 Å². The summed E-state index contributed by atoms with van der Waals surface area (Å²) in [5.74, 6) is 0.587. The fourth-order valence-corrected chi connectivity index (χ4v) is 2.69. The molecule has 1 aliphatic heterocycles. The van der Waals surface area contributed by atoms with Crippen molar-refractivity contribution in [2.24, 2.45) is 5.92 Å². The zero-order chi connectivity index (χ0) is 15.4. The Bertz CT molecular complexity index is 538. The number of aryl methyl sites for hydroxylation is 1. The fourth-order valence-electron chi connectivity index (χ4n) is 2.69. The third-order valence-corrected chi connectivity index (χ3v) is 3.60. The molecule has 0 spiro atoms. The zero-order valence-electron chi connectivity index (χ0n) is 13.1. The lowest BCUT2D eigenvalue weighted by Crippen LogP contribution is -2.35. The van der Waals surface area contributed by atoms with Gasteiger partial charge in [-0.05, 0) is 42.5 Å². The van der Waals surface area contributed by atoms with E-state index in [0.717, 1.165) is 36.3 Å². The maximum absolute atomic E-state index is 12.0. The van der Waals surface area contributed by atoms with Crippen molar-refractivity contribution in [1.82, 2.24) is 0 Å². The summed E-state index contributed by atoms with van der Waals surface area (Å²) in [5.41, 5.74) is 2.96. The van der Waals surface area contributed by atoms with Gasteiger partial charge < -0.3 is 10.2 Å². The molecule has 1 aromatic carbocycles. The van der Waals surface area contributed by atoms with Crippen molar-refractivity contribution in [2.45, 2.75) is 46.5 Å². The van der Waals surface area contributed by atoms with Crippen LogP contribution in [-0.4, -0.2) is 18.4 Å². The Hall–Kier alpha value is -1.84. The number of carbonyl (C=O) groups excluding carboxylic acids is 2. The molecule has 1 aromatic rings. The van der Waals surface area contributed by atoms with Crippen molar-refractivity contribution in [3.63, 3.8) is 0 Å². The molecule has 0 fully saturated rings. The number of rotatable bonds is 5. The van der Waals surface area contributed by atoms with E-state index in [0.29, 0.717) is 18.8 Å². The van der Waals surface area contributed by atoms with E-state index in [9.17, 15) is 9.59 Å². The number of carbonyl (C=O) groups is 2. The maximum Gasteiger partial charge on any atom is 0.227 e. The minimum absolute atomic E-state index is 0.0438. The summed E-state index contributed by atoms with van der Waals surface area (Å²) in [6.07, 6.45) is 2.77. The highest BCUT2D eigenvalue weighted by atomic mass is 16.2. The lowest BCUT2D eigenvalue weighted by atomic mass is 10.00. The molecule has 1 heterocycles. The van der Waals surface area contributed by atoms with Gasteiger partial charge in [0, 0.05) is 30.8 Å². The summed E-state index contributed by atoms with van der Waals surface area (Å²) in [5, 5.41) is 2.94. The average molecular weight is 288 g/mol. The molecule has 0 saturated carbocycles. The smallest absolute Gasteiger partial charge is 0.227 e. The van der Waals surface area contributed by atoms with Crippen LogP contribution in [0.25, 0.3) is 0 Å². The van der Waals surface area contributed by atoms with Gasteiger partial charge in [0.2, 0.25) is 11.8 Å². The van der Waals surface area contributed by atoms with Gasteiger partial charge in [-0.3, -0.25) is 9.59 Å². The number of hydrogen-bond donors (Lipinski definition) is 1. The average Bonchev–Trinajstić information content (AvgIpc) is 2.41. The van der Waals surface area contributed by atoms with Gasteiger partial charge in [-0.15, -0.1) is 0 Å². The molecule has 21 heavy (non-hydrogen) atoms. The summed E-state index contributed by atoms with van der Waals surface area (Å²) in [4.78, 5) is 25.7. The largest absolute Gasteiger partial charge is 0.326 e. The molecular formula is C17H24N2O2. The number of nitrogens with one attached hydrogen (secondary N) is 1. The van der Waals surface area contributed by atoms with Crippen LogP contribution in [0.3, 0.4) is 0 Å². The second-order valence-electron chi connectivity index (χ2n) is 6.04. The van der Waals surface area contributed by atoms with E-state index in [1.165, 1.54) is 0 Å². The molecule has 0 saturated heterocycles. The topological polar surface area (TPSA) is 49.4 Å². The Balaban J connectivity index is 2.16. The van der Waals surface area contributed by atoms with Crippen LogP contribution < -0.4 is 10.2 Å². The molecule has 0 aliphatic carbocycles. The van der Waals surface area contributed by atoms with E-state index in [1.54, 1.807) is 0 Å². The second kappa shape index (κ2) is 6.74. The third-order valence-electron chi connectivity index (χ3n) is 3.60. The number of nitrogens with zero attached hydrogens (tertiary/aromatic N) is 1. The summed E-state index contributed by atoms with van der Waals surface area (Å²) in [6.45, 7) is 6.88. The van der Waals surface area contributed by atoms with E-state index in [4.69, 9.17) is 0 Å². The lowest BCUT2D eigenvalue weighted by molar-refractivity contribution is -0.119. The molecule has 0 atom stereocenters. The van der Waals surface area contributed by atoms with Gasteiger partial charge in [0.25, 0.3) is 0 Å². The summed E-state index contributed by atoms with van der Waals surface area (Å²) in [6, 6.07) is 5.84. The molecule has 0 aromatic heterocycles. The fraction of sp³-hybridized carbons (Fsp3) is 0.529. The van der Waals surface area contributed by atoms with Gasteiger partial charge in [-0.1, -0.05) is 20.8 Å². The highest BCUT2D eigenvalue weighted by Crippen LogP contribution is 2.30. The van der Waals surface area contributed by atoms with E-state index < -0.39 is 0 Å². The molecule has 1 aliphatic rings. The van der Waals surface area contributed by atoms with E-state index >= 15 is 0 Å². The first kappa shape index (κ1) is 15.5. The molecule has 2 amide bonds. The first-order valence-electron chi connectivity index (χ1n) is 7.74. The molecule has 0 radical (unpaired) electrons. The lowest BCUT2D eigenvalue weighted by Gasteiger charge is -2.29. The highest BCUT2D eigenvalue weighted by Gasteiger charge is 2.23. The Morgan fingerprint density at radius 2 is 2.10 bits per heavy atom. The van der Waals surface area contributed by atoms with Crippen molar-refractivity contribution < 1.29 is 9.59 Å². The molecule has 1 N–H and O–H groups in total. The summed E-state index contributed by atoms with van der Waals surface area (Å²) < 4.78 is 0. The molecule has 2 rings (SSSR count). The van der Waals surface area contributed by atoms with E-state index in [-0.39, 0.29) is 11.8 Å². The third kappa shape index (κ3) is 3.84. The van der Waals surface area contributed by atoms with Gasteiger partial charge in [0.05, 0.1) is 0 Å². The zero-order valence-corrected chi connectivity index (χ0v) is 13.1. The highest BCUT2D eigenvalue weighted by molar-refractivity contribution is 5.97. The van der Waals surface area contributed by atoms with Crippen LogP contribution in [0.4, 0.5) is 11.4 Å². The van der Waals surface area contributed by atoms with Crippen LogP contribution in [-0.2, 0) is 16.0 Å². The first-order valence-corrected chi connectivity index (χ1v) is 7.74. The predicted molar refractivity (Wildman–Crippen MR) is 85.5 cm³/mol. The Kier molecular flexibility index (Phi) is 4.99. The number of hydrogen-bond acceptors (Lipinski definition) is 2. The monoisotopic (exact) mass is 288 g/mol. The second-order valence-corrected chi connectivity index (χ2v) is 6.04. The first-order chi connectivity index (χ1) is 10.0. The number of benzene rings is 1. The molecule has 0 bridgehead atoms. The molecule has 4 heteroatoms. The molecular weight excluding hydrogens is 264 g/mol. The van der Waals surface area contributed by atoms with Crippen LogP contribution in [0.2, 0.25) is 0 Å². The van der Waals surface area contributed by atoms with Crippen molar-refractivity contribution in [3.8, 4) is 0 Å². The predicted octanol–water partition coefficient (Wildman–Crippen LogP) is 3.36. The van der Waals surface area contributed by atoms with Crippen molar-refractivity contribution in [1.29, 1.82) is 0 Å². The van der Waals surface area contributed by atoms with E-state index in [2.05, 4.69) is 12.2 Å². The minimum atomic E-state index is 0.0438. The van der Waals surface area contributed by atoms with Crippen molar-refractivity contribution in [2.75, 3.05) is 16.8 Å². The van der Waals surface area contributed by atoms with Gasteiger partial charge in [0.15, 0.2) is 0 Å². The van der Waals surface area contributed by atoms with Crippen LogP contribution in [0.15, 0.2) is 18.2 Å². The number of anilines is 2. The number of fused-ring (bicyclic) bond motifs is 1. The SMILES string of the molecule is CCCN1C(=O)CCc2cc(NC(=O)CC(C)C)ccc21. The Labute approximate surface area is 126 Å². The van der Waals surface area contributed by atoms with Crippen LogP contribution in [0.1, 0.15) is 45.6 Å². The molecule has 0 unspecified atom stereocenters. The Morgan fingerprint density at radius 1 is 1.33 bits per heavy atom. The van der Waals surface area contributed by atoms with Crippen molar-refractivity contribution in [3.05, 3.63) is 23.8 Å². The van der Waals surface area contributed by atoms with Crippen molar-refractivity contribution >= 4 is 23.2 Å².